The molecule has 1 saturated carbocycles. The highest BCUT2D eigenvalue weighted by Crippen LogP contribution is 2.28. The second-order valence-electron chi connectivity index (χ2n) is 5.92. The highest BCUT2D eigenvalue weighted by molar-refractivity contribution is 14.0. The number of nitrogens with zero attached hydrogens (tertiary/aromatic N) is 2. The molecule has 2 aliphatic rings. The van der Waals surface area contributed by atoms with Crippen molar-refractivity contribution in [1.82, 2.24) is 10.2 Å². The summed E-state index contributed by atoms with van der Waals surface area (Å²) >= 11 is 0. The second kappa shape index (κ2) is 9.82. The molecule has 1 aliphatic heterocycles. The predicted molar refractivity (Wildman–Crippen MR) is 94.8 cm³/mol. The van der Waals surface area contributed by atoms with E-state index in [0.29, 0.717) is 0 Å². The molecule has 1 saturated heterocycles. The second-order valence-corrected chi connectivity index (χ2v) is 5.92. The van der Waals surface area contributed by atoms with Gasteiger partial charge in [0.05, 0.1) is 6.10 Å². The van der Waals surface area contributed by atoms with Crippen LogP contribution < -0.4 is 5.32 Å². The van der Waals surface area contributed by atoms with Crippen molar-refractivity contribution in [2.24, 2.45) is 10.9 Å². The number of aliphatic hydroxyl groups is 1. The Hall–Kier alpha value is -0.0400. The summed E-state index contributed by atoms with van der Waals surface area (Å²) in [7, 11) is 0. The van der Waals surface area contributed by atoms with Crippen LogP contribution in [0.4, 0.5) is 0 Å². The monoisotopic (exact) mass is 395 g/mol. The molecule has 2 N–H and O–H groups in total. The molecule has 5 heteroatoms. The first-order valence-electron chi connectivity index (χ1n) is 8.01. The van der Waals surface area contributed by atoms with Gasteiger partial charge in [0.2, 0.25) is 0 Å². The van der Waals surface area contributed by atoms with Gasteiger partial charge in [-0.05, 0) is 32.1 Å². The summed E-state index contributed by atoms with van der Waals surface area (Å²) in [6.45, 7) is 5.57. The molecule has 1 atom stereocenters. The average Bonchev–Trinajstić information content (AvgIpc) is 3.04. The maximum absolute atomic E-state index is 9.61. The van der Waals surface area contributed by atoms with Gasteiger partial charge < -0.3 is 15.3 Å². The van der Waals surface area contributed by atoms with Crippen LogP contribution in [0.5, 0.6) is 0 Å². The fraction of sp³-hybridized carbons (Fsp3) is 0.933. The van der Waals surface area contributed by atoms with Crippen LogP contribution in [0.25, 0.3) is 0 Å². The molecular formula is C15H30IN3O. The van der Waals surface area contributed by atoms with E-state index in [-0.39, 0.29) is 30.1 Å². The molecule has 0 aromatic heterocycles. The zero-order valence-corrected chi connectivity index (χ0v) is 15.0. The molecule has 118 valence electrons. The Bertz CT molecular complexity index is 293. The summed E-state index contributed by atoms with van der Waals surface area (Å²) in [6, 6.07) is 0. The molecule has 0 amide bonds. The Kier molecular flexibility index (Phi) is 8.84. The molecule has 0 bridgehead atoms. The van der Waals surface area contributed by atoms with E-state index in [1.807, 2.05) is 0 Å². The SMILES string of the molecule is CCNC(=NCCCC1CCCC1)N1CC[C@@H](O)C1.I. The number of nitrogens with one attached hydrogen (secondary N) is 1. The number of guanidine groups is 1. The molecule has 0 unspecified atom stereocenters. The molecular weight excluding hydrogens is 365 g/mol. The lowest BCUT2D eigenvalue weighted by Gasteiger charge is -2.21. The number of hydrogen-bond acceptors (Lipinski definition) is 2. The van der Waals surface area contributed by atoms with Gasteiger partial charge in [-0.2, -0.15) is 0 Å². The molecule has 1 aliphatic carbocycles. The molecule has 2 rings (SSSR count). The van der Waals surface area contributed by atoms with Gasteiger partial charge in [-0.3, -0.25) is 4.99 Å². The quantitative estimate of drug-likeness (QED) is 0.326. The minimum Gasteiger partial charge on any atom is -0.391 e. The molecule has 20 heavy (non-hydrogen) atoms. The third-order valence-electron chi connectivity index (χ3n) is 4.30. The van der Waals surface area contributed by atoms with Crippen molar-refractivity contribution in [2.45, 2.75) is 58.0 Å². The van der Waals surface area contributed by atoms with E-state index in [4.69, 9.17) is 4.99 Å². The number of aliphatic imine (C=N–C) groups is 1. The first kappa shape index (κ1) is 18.0. The van der Waals surface area contributed by atoms with Crippen molar-refractivity contribution in [3.63, 3.8) is 0 Å². The lowest BCUT2D eigenvalue weighted by atomic mass is 10.0. The number of aliphatic hydroxyl groups excluding tert-OH is 1. The van der Waals surface area contributed by atoms with Crippen molar-refractivity contribution in [2.75, 3.05) is 26.2 Å². The van der Waals surface area contributed by atoms with Crippen molar-refractivity contribution in [3.8, 4) is 0 Å². The highest BCUT2D eigenvalue weighted by atomic mass is 127. The highest BCUT2D eigenvalue weighted by Gasteiger charge is 2.22. The third kappa shape index (κ3) is 5.76. The van der Waals surface area contributed by atoms with E-state index in [1.165, 1.54) is 38.5 Å². The van der Waals surface area contributed by atoms with Gasteiger partial charge >= 0.3 is 0 Å². The molecule has 1 heterocycles. The minimum atomic E-state index is -0.178. The van der Waals surface area contributed by atoms with Crippen LogP contribution in [0.15, 0.2) is 4.99 Å². The molecule has 0 radical (unpaired) electrons. The Morgan fingerprint density at radius 3 is 2.65 bits per heavy atom. The van der Waals surface area contributed by atoms with E-state index >= 15 is 0 Å². The maximum atomic E-state index is 9.61. The summed E-state index contributed by atoms with van der Waals surface area (Å²) in [6.07, 6.45) is 8.96. The van der Waals surface area contributed by atoms with Gasteiger partial charge in [-0.25, -0.2) is 0 Å². The number of rotatable bonds is 5. The van der Waals surface area contributed by atoms with E-state index in [9.17, 15) is 5.11 Å². The van der Waals surface area contributed by atoms with Crippen LogP contribution in [0.3, 0.4) is 0 Å². The van der Waals surface area contributed by atoms with Crippen LogP contribution in [-0.2, 0) is 0 Å². The minimum absolute atomic E-state index is 0. The molecule has 2 fully saturated rings. The Balaban J connectivity index is 0.00000200. The lowest BCUT2D eigenvalue weighted by Crippen LogP contribution is -2.40. The normalized spacial score (nSPS) is 24.0. The van der Waals surface area contributed by atoms with E-state index in [1.54, 1.807) is 0 Å². The van der Waals surface area contributed by atoms with Gasteiger partial charge in [0, 0.05) is 26.2 Å². The third-order valence-corrected chi connectivity index (χ3v) is 4.30. The van der Waals surface area contributed by atoms with Gasteiger partial charge in [0.25, 0.3) is 0 Å². The van der Waals surface area contributed by atoms with E-state index in [2.05, 4.69) is 17.1 Å². The summed E-state index contributed by atoms with van der Waals surface area (Å²) < 4.78 is 0. The van der Waals surface area contributed by atoms with Crippen LogP contribution >= 0.6 is 24.0 Å². The van der Waals surface area contributed by atoms with Gasteiger partial charge in [-0.1, -0.05) is 25.7 Å². The van der Waals surface area contributed by atoms with Crippen LogP contribution in [0.2, 0.25) is 0 Å². The first-order chi connectivity index (χ1) is 9.29. The van der Waals surface area contributed by atoms with Crippen LogP contribution in [-0.4, -0.2) is 48.2 Å². The van der Waals surface area contributed by atoms with Gasteiger partial charge in [0.1, 0.15) is 0 Å². The molecule has 0 spiro atoms. The van der Waals surface area contributed by atoms with Crippen LogP contribution in [0.1, 0.15) is 51.9 Å². The smallest absolute Gasteiger partial charge is 0.194 e. The summed E-state index contributed by atoms with van der Waals surface area (Å²) in [5, 5.41) is 12.9. The van der Waals surface area contributed by atoms with E-state index < -0.39 is 0 Å². The predicted octanol–water partition coefficient (Wildman–Crippen LogP) is 2.61. The maximum Gasteiger partial charge on any atom is 0.194 e. The standard InChI is InChI=1S/C15H29N3O.HI/c1-2-16-15(18-11-9-14(19)12-18)17-10-5-8-13-6-3-4-7-13;/h13-14,19H,2-12H2,1H3,(H,16,17);1H/t14-;/m1./s1. The van der Waals surface area contributed by atoms with Crippen molar-refractivity contribution in [3.05, 3.63) is 0 Å². The van der Waals surface area contributed by atoms with Gasteiger partial charge in [0.15, 0.2) is 5.96 Å². The number of hydrogen-bond donors (Lipinski definition) is 2. The van der Waals surface area contributed by atoms with Crippen molar-refractivity contribution >= 4 is 29.9 Å². The zero-order chi connectivity index (χ0) is 13.5. The lowest BCUT2D eigenvalue weighted by molar-refractivity contribution is 0.188. The fourth-order valence-corrected chi connectivity index (χ4v) is 3.22. The summed E-state index contributed by atoms with van der Waals surface area (Å²) in [5.74, 6) is 1.96. The molecule has 4 nitrogen and oxygen atoms in total. The largest absolute Gasteiger partial charge is 0.391 e. The fourth-order valence-electron chi connectivity index (χ4n) is 3.22. The van der Waals surface area contributed by atoms with Crippen molar-refractivity contribution in [1.29, 1.82) is 0 Å². The number of likely N-dealkylation sites (tertiary alicyclic amines) is 1. The number of halogens is 1. The Morgan fingerprint density at radius 1 is 1.30 bits per heavy atom. The number of β-amino-alcohol motifs (C(OH)–C–C–N with tert-alkyl or cyclic N) is 1. The molecule has 0 aromatic rings. The van der Waals surface area contributed by atoms with Gasteiger partial charge in [-0.15, -0.1) is 24.0 Å². The van der Waals surface area contributed by atoms with Crippen LogP contribution in [0, 0.1) is 5.92 Å². The first-order valence-corrected chi connectivity index (χ1v) is 8.01. The molecule has 0 aromatic carbocycles. The summed E-state index contributed by atoms with van der Waals surface area (Å²) in [4.78, 5) is 6.90. The zero-order valence-electron chi connectivity index (χ0n) is 12.7. The Morgan fingerprint density at radius 2 is 2.05 bits per heavy atom. The average molecular weight is 395 g/mol. The van der Waals surface area contributed by atoms with Crippen molar-refractivity contribution < 1.29 is 5.11 Å². The topological polar surface area (TPSA) is 47.9 Å². The Labute approximate surface area is 140 Å². The van der Waals surface area contributed by atoms with E-state index in [0.717, 1.165) is 44.5 Å². The summed E-state index contributed by atoms with van der Waals surface area (Å²) in [5.41, 5.74) is 0.